The minimum atomic E-state index is 0.318. The highest BCUT2D eigenvalue weighted by molar-refractivity contribution is 5.55. The molecule has 0 aromatic heterocycles. The number of ether oxygens (including phenoxy) is 1. The molecule has 1 nitrogen and oxygen atoms in total. The van der Waals surface area contributed by atoms with Gasteiger partial charge < -0.3 is 4.74 Å². The molecule has 112 valence electrons. The fraction of sp³-hybridized carbons (Fsp3) is 0.500. The summed E-state index contributed by atoms with van der Waals surface area (Å²) in [7, 11) is 0. The highest BCUT2D eigenvalue weighted by atomic mass is 16.6. The predicted octanol–water partition coefficient (Wildman–Crippen LogP) is 5.17. The van der Waals surface area contributed by atoms with Crippen molar-refractivity contribution in [2.24, 2.45) is 5.41 Å². The maximum Gasteiger partial charge on any atom is 0.0850 e. The molecule has 21 heavy (non-hydrogen) atoms. The second-order valence-corrected chi connectivity index (χ2v) is 7.17. The first-order valence-electron chi connectivity index (χ1n) is 8.13. The molecular formula is C20H26O. The molecule has 1 aliphatic heterocycles. The summed E-state index contributed by atoms with van der Waals surface area (Å²) in [5.41, 5.74) is 6.09. The van der Waals surface area contributed by atoms with Crippen LogP contribution in [0.5, 0.6) is 0 Å². The van der Waals surface area contributed by atoms with Gasteiger partial charge in [0.1, 0.15) is 0 Å². The van der Waals surface area contributed by atoms with Gasteiger partial charge in [0.15, 0.2) is 0 Å². The normalized spacial score (nSPS) is 24.6. The van der Waals surface area contributed by atoms with Crippen molar-refractivity contribution in [3.05, 3.63) is 52.6 Å². The van der Waals surface area contributed by atoms with Crippen LogP contribution >= 0.6 is 0 Å². The Labute approximate surface area is 128 Å². The van der Waals surface area contributed by atoms with Crippen LogP contribution in [0, 0.1) is 5.41 Å². The van der Waals surface area contributed by atoms with E-state index in [0.717, 1.165) is 13.0 Å². The average Bonchev–Trinajstić information content (AvgIpc) is 3.22. The van der Waals surface area contributed by atoms with E-state index in [1.54, 1.807) is 5.57 Å². The summed E-state index contributed by atoms with van der Waals surface area (Å²) in [6, 6.07) is 8.85. The standard InChI is InChI=1S/C20H26O/c1-15-6-5-11-20(2,3)19(15)10-9-16-7-4-8-17(12-16)13-18-14-21-18/h4,7-10,12,18H,5-6,11,13-14H2,1-3H3. The van der Waals surface area contributed by atoms with Crippen LogP contribution < -0.4 is 0 Å². The molecule has 0 saturated carbocycles. The van der Waals surface area contributed by atoms with Gasteiger partial charge in [-0.2, -0.15) is 0 Å². The smallest absolute Gasteiger partial charge is 0.0850 e. The van der Waals surface area contributed by atoms with E-state index in [-0.39, 0.29) is 0 Å². The summed E-state index contributed by atoms with van der Waals surface area (Å²) in [5, 5.41) is 0. The lowest BCUT2D eigenvalue weighted by atomic mass is 9.72. The van der Waals surface area contributed by atoms with Crippen molar-refractivity contribution in [1.29, 1.82) is 0 Å². The molecule has 2 aliphatic rings. The van der Waals surface area contributed by atoms with Gasteiger partial charge >= 0.3 is 0 Å². The van der Waals surface area contributed by atoms with Crippen LogP contribution in [0.3, 0.4) is 0 Å². The zero-order valence-corrected chi connectivity index (χ0v) is 13.5. The number of rotatable bonds is 4. The van der Waals surface area contributed by atoms with E-state index in [4.69, 9.17) is 4.74 Å². The first-order chi connectivity index (χ1) is 10.0. The quantitative estimate of drug-likeness (QED) is 0.694. The highest BCUT2D eigenvalue weighted by Gasteiger charge is 2.26. The molecule has 0 bridgehead atoms. The highest BCUT2D eigenvalue weighted by Crippen LogP contribution is 2.40. The zero-order chi connectivity index (χ0) is 14.9. The molecule has 1 aliphatic carbocycles. The van der Waals surface area contributed by atoms with Gasteiger partial charge in [0, 0.05) is 6.42 Å². The molecule has 0 N–H and O–H groups in total. The Balaban J connectivity index is 1.78. The molecule has 1 fully saturated rings. The second kappa shape index (κ2) is 5.81. The van der Waals surface area contributed by atoms with Crippen LogP contribution in [0.1, 0.15) is 51.2 Å². The van der Waals surface area contributed by atoms with Gasteiger partial charge in [-0.05, 0) is 48.3 Å². The van der Waals surface area contributed by atoms with E-state index >= 15 is 0 Å². The molecule has 1 aromatic rings. The van der Waals surface area contributed by atoms with Gasteiger partial charge in [0.05, 0.1) is 12.7 Å². The van der Waals surface area contributed by atoms with Gasteiger partial charge in [0.25, 0.3) is 0 Å². The monoisotopic (exact) mass is 282 g/mol. The lowest BCUT2D eigenvalue weighted by Crippen LogP contribution is -2.18. The van der Waals surface area contributed by atoms with Gasteiger partial charge in [-0.1, -0.05) is 55.8 Å². The Morgan fingerprint density at radius 1 is 1.29 bits per heavy atom. The lowest BCUT2D eigenvalue weighted by molar-refractivity contribution is 0.377. The van der Waals surface area contributed by atoms with E-state index in [1.807, 2.05) is 0 Å². The van der Waals surface area contributed by atoms with E-state index in [1.165, 1.54) is 36.0 Å². The molecule has 1 heterocycles. The minimum absolute atomic E-state index is 0.318. The van der Waals surface area contributed by atoms with Crippen molar-refractivity contribution in [3.63, 3.8) is 0 Å². The van der Waals surface area contributed by atoms with Gasteiger partial charge in [-0.3, -0.25) is 0 Å². The average molecular weight is 282 g/mol. The van der Waals surface area contributed by atoms with Crippen molar-refractivity contribution >= 4 is 6.08 Å². The number of hydrogen-bond donors (Lipinski definition) is 0. The van der Waals surface area contributed by atoms with Gasteiger partial charge in [0.2, 0.25) is 0 Å². The minimum Gasteiger partial charge on any atom is -0.373 e. The van der Waals surface area contributed by atoms with Crippen LogP contribution in [-0.4, -0.2) is 12.7 Å². The molecule has 1 atom stereocenters. The van der Waals surface area contributed by atoms with Crippen molar-refractivity contribution in [1.82, 2.24) is 0 Å². The Morgan fingerprint density at radius 2 is 2.10 bits per heavy atom. The Bertz CT molecular complexity index is 573. The molecule has 1 aromatic carbocycles. The number of hydrogen-bond acceptors (Lipinski definition) is 1. The van der Waals surface area contributed by atoms with Crippen LogP contribution in [0.4, 0.5) is 0 Å². The molecule has 0 amide bonds. The summed E-state index contributed by atoms with van der Waals surface area (Å²) in [6.45, 7) is 7.97. The van der Waals surface area contributed by atoms with Crippen molar-refractivity contribution in [2.45, 2.75) is 52.6 Å². The van der Waals surface area contributed by atoms with Crippen LogP contribution in [-0.2, 0) is 11.2 Å². The topological polar surface area (TPSA) is 12.5 Å². The van der Waals surface area contributed by atoms with Gasteiger partial charge in [-0.15, -0.1) is 0 Å². The molecule has 1 unspecified atom stereocenters. The van der Waals surface area contributed by atoms with E-state index in [0.29, 0.717) is 11.5 Å². The lowest BCUT2D eigenvalue weighted by Gasteiger charge is -2.32. The first-order valence-corrected chi connectivity index (χ1v) is 8.13. The van der Waals surface area contributed by atoms with Crippen LogP contribution in [0.15, 0.2) is 41.5 Å². The summed E-state index contributed by atoms with van der Waals surface area (Å²) in [5.74, 6) is 0. The fourth-order valence-electron chi connectivity index (χ4n) is 3.46. The number of benzene rings is 1. The second-order valence-electron chi connectivity index (χ2n) is 7.17. The van der Waals surface area contributed by atoms with Crippen molar-refractivity contribution in [3.8, 4) is 0 Å². The third-order valence-electron chi connectivity index (χ3n) is 4.80. The number of epoxide rings is 1. The number of allylic oxidation sites excluding steroid dienone is 3. The Kier molecular flexibility index (Phi) is 4.03. The molecule has 0 radical (unpaired) electrons. The molecule has 0 spiro atoms. The van der Waals surface area contributed by atoms with E-state index in [2.05, 4.69) is 57.2 Å². The Hall–Kier alpha value is -1.34. The SMILES string of the molecule is CC1=C(C=Cc2cccc(CC3CO3)c2)C(C)(C)CCC1. The van der Waals surface area contributed by atoms with Gasteiger partial charge in [-0.25, -0.2) is 0 Å². The summed E-state index contributed by atoms with van der Waals surface area (Å²) < 4.78 is 5.32. The van der Waals surface area contributed by atoms with E-state index < -0.39 is 0 Å². The zero-order valence-electron chi connectivity index (χ0n) is 13.5. The first kappa shape index (κ1) is 14.6. The molecular weight excluding hydrogens is 256 g/mol. The maximum absolute atomic E-state index is 5.32. The van der Waals surface area contributed by atoms with Crippen LogP contribution in [0.2, 0.25) is 0 Å². The third kappa shape index (κ3) is 3.65. The summed E-state index contributed by atoms with van der Waals surface area (Å²) in [4.78, 5) is 0. The Morgan fingerprint density at radius 3 is 2.81 bits per heavy atom. The maximum atomic E-state index is 5.32. The van der Waals surface area contributed by atoms with E-state index in [9.17, 15) is 0 Å². The predicted molar refractivity (Wildman–Crippen MR) is 89.3 cm³/mol. The molecule has 3 rings (SSSR count). The third-order valence-corrected chi connectivity index (χ3v) is 4.80. The summed E-state index contributed by atoms with van der Waals surface area (Å²) in [6.07, 6.45) is 10.0. The van der Waals surface area contributed by atoms with Crippen molar-refractivity contribution in [2.75, 3.05) is 6.61 Å². The molecule has 1 heteroatoms. The largest absolute Gasteiger partial charge is 0.373 e. The van der Waals surface area contributed by atoms with Crippen molar-refractivity contribution < 1.29 is 4.74 Å². The fourth-order valence-corrected chi connectivity index (χ4v) is 3.46. The molecule has 1 saturated heterocycles. The summed E-state index contributed by atoms with van der Waals surface area (Å²) >= 11 is 0. The van der Waals surface area contributed by atoms with Crippen LogP contribution in [0.25, 0.3) is 6.08 Å².